The molecule has 1 saturated carbocycles. The Hall–Kier alpha value is -3.85. The lowest BCUT2D eigenvalue weighted by Gasteiger charge is -2.34. The molecule has 1 aliphatic carbocycles. The first-order chi connectivity index (χ1) is 21.2. The normalized spacial score (nSPS) is 14.4. The fraction of sp³-hybridized carbons (Fsp3) is 0.429. The van der Waals surface area contributed by atoms with Gasteiger partial charge in [-0.05, 0) is 61.6 Å². The van der Waals surface area contributed by atoms with E-state index in [4.69, 9.17) is 4.74 Å². The van der Waals surface area contributed by atoms with Crippen molar-refractivity contribution in [2.75, 3.05) is 23.7 Å². The summed E-state index contributed by atoms with van der Waals surface area (Å²) < 4.78 is 32.3. The van der Waals surface area contributed by atoms with E-state index in [-0.39, 0.29) is 37.4 Å². The van der Waals surface area contributed by atoms with Gasteiger partial charge in [0, 0.05) is 32.0 Å². The molecule has 1 aliphatic rings. The number of nitrogens with zero attached hydrogens (tertiary/aromatic N) is 2. The summed E-state index contributed by atoms with van der Waals surface area (Å²) in [5, 5.41) is 3.26. The van der Waals surface area contributed by atoms with Crippen LogP contribution in [0.2, 0.25) is 0 Å². The van der Waals surface area contributed by atoms with E-state index in [0.717, 1.165) is 36.8 Å². The number of amides is 2. The van der Waals surface area contributed by atoms with E-state index in [1.54, 1.807) is 29.2 Å². The number of rotatable bonds is 15. The van der Waals surface area contributed by atoms with Gasteiger partial charge in [0.2, 0.25) is 21.8 Å². The van der Waals surface area contributed by atoms with E-state index < -0.39 is 16.1 Å². The van der Waals surface area contributed by atoms with Crippen LogP contribution in [0, 0.1) is 0 Å². The third-order valence-corrected chi connectivity index (χ3v) is 9.20. The highest BCUT2D eigenvalue weighted by atomic mass is 32.2. The van der Waals surface area contributed by atoms with Crippen LogP contribution < -0.4 is 14.4 Å². The van der Waals surface area contributed by atoms with Gasteiger partial charge in [0.15, 0.2) is 0 Å². The number of sulfonamides is 1. The molecular weight excluding hydrogens is 574 g/mol. The maximum atomic E-state index is 14.0. The molecule has 3 aromatic rings. The van der Waals surface area contributed by atoms with Crippen LogP contribution in [-0.4, -0.2) is 56.6 Å². The number of carbonyl (C=O) groups excluding carboxylic acids is 2. The minimum Gasteiger partial charge on any atom is -0.494 e. The second kappa shape index (κ2) is 16.3. The molecule has 0 radical (unpaired) electrons. The molecule has 0 spiro atoms. The van der Waals surface area contributed by atoms with Crippen LogP contribution in [0.4, 0.5) is 5.69 Å². The minimum absolute atomic E-state index is 0.0951. The average Bonchev–Trinajstić information content (AvgIpc) is 3.02. The third-order valence-electron chi connectivity index (χ3n) is 8.01. The highest BCUT2D eigenvalue weighted by Crippen LogP contribution is 2.24. The van der Waals surface area contributed by atoms with Crippen molar-refractivity contribution in [3.05, 3.63) is 96.1 Å². The van der Waals surface area contributed by atoms with Crippen LogP contribution in [0.3, 0.4) is 0 Å². The molecule has 8 nitrogen and oxygen atoms in total. The molecule has 3 aromatic carbocycles. The number of ether oxygens (including phenoxy) is 1. The molecule has 0 aliphatic heterocycles. The Balaban J connectivity index is 1.55. The molecule has 1 atom stereocenters. The maximum Gasteiger partial charge on any atom is 0.243 e. The summed E-state index contributed by atoms with van der Waals surface area (Å²) in [7, 11) is -3.59. The van der Waals surface area contributed by atoms with Crippen LogP contribution >= 0.6 is 0 Å². The molecule has 0 heterocycles. The van der Waals surface area contributed by atoms with Crippen LogP contribution in [0.25, 0.3) is 0 Å². The Bertz CT molecular complexity index is 1430. The number of benzene rings is 3. The molecule has 0 aromatic heterocycles. The molecule has 1 fully saturated rings. The Labute approximate surface area is 262 Å². The van der Waals surface area contributed by atoms with Gasteiger partial charge in [0.1, 0.15) is 11.8 Å². The fourth-order valence-electron chi connectivity index (χ4n) is 5.76. The van der Waals surface area contributed by atoms with Crippen LogP contribution in [-0.2, 0) is 32.6 Å². The summed E-state index contributed by atoms with van der Waals surface area (Å²) in [4.78, 5) is 29.6. The van der Waals surface area contributed by atoms with Crippen molar-refractivity contribution in [2.45, 2.75) is 76.9 Å². The van der Waals surface area contributed by atoms with E-state index in [1.165, 1.54) is 17.0 Å². The van der Waals surface area contributed by atoms with Crippen molar-refractivity contribution >= 4 is 27.5 Å². The van der Waals surface area contributed by atoms with Gasteiger partial charge >= 0.3 is 0 Å². The van der Waals surface area contributed by atoms with Crippen molar-refractivity contribution in [3.8, 4) is 5.75 Å². The maximum absolute atomic E-state index is 14.0. The fourth-order valence-corrected chi connectivity index (χ4v) is 6.72. The Morgan fingerprint density at radius 1 is 0.886 bits per heavy atom. The van der Waals surface area contributed by atoms with E-state index in [9.17, 15) is 18.0 Å². The Morgan fingerprint density at radius 3 is 2.09 bits per heavy atom. The van der Waals surface area contributed by atoms with E-state index in [1.807, 2.05) is 67.6 Å². The van der Waals surface area contributed by atoms with Crippen LogP contribution in [0.5, 0.6) is 5.75 Å². The van der Waals surface area contributed by atoms with Gasteiger partial charge in [-0.1, -0.05) is 79.9 Å². The van der Waals surface area contributed by atoms with Crippen molar-refractivity contribution in [1.29, 1.82) is 0 Å². The molecule has 4 rings (SSSR count). The summed E-state index contributed by atoms with van der Waals surface area (Å²) in [5.74, 6) is 0.332. The Kier molecular flexibility index (Phi) is 12.2. The van der Waals surface area contributed by atoms with Gasteiger partial charge in [-0.15, -0.1) is 0 Å². The molecule has 2 amide bonds. The first kappa shape index (κ1) is 33.1. The standard InChI is InChI=1S/C35H45N3O5S/c1-3-43-32-23-21-31(22-24-32)38(44(2,41)42)25-13-20-34(39)37(27-29-16-9-5-10-17-29)33(26-28-14-7-4-8-15-28)35(40)36-30-18-11-6-12-19-30/h4-5,7-10,14-17,21-24,30,33H,3,6,11-13,18-20,25-27H2,1-2H3,(H,36,40). The zero-order chi connectivity index (χ0) is 31.4. The topological polar surface area (TPSA) is 96.0 Å². The highest BCUT2D eigenvalue weighted by molar-refractivity contribution is 7.92. The van der Waals surface area contributed by atoms with Gasteiger partial charge in [-0.3, -0.25) is 13.9 Å². The minimum atomic E-state index is -3.59. The average molecular weight is 620 g/mol. The molecule has 1 N–H and O–H groups in total. The summed E-state index contributed by atoms with van der Waals surface area (Å²) in [6.07, 6.45) is 7.20. The third kappa shape index (κ3) is 9.84. The Morgan fingerprint density at radius 2 is 1.50 bits per heavy atom. The number of nitrogens with one attached hydrogen (secondary N) is 1. The molecule has 9 heteroatoms. The van der Waals surface area contributed by atoms with Gasteiger partial charge in [-0.25, -0.2) is 8.42 Å². The lowest BCUT2D eigenvalue weighted by Crippen LogP contribution is -2.52. The zero-order valence-corrected chi connectivity index (χ0v) is 26.7. The number of carbonyl (C=O) groups is 2. The van der Waals surface area contributed by atoms with Gasteiger partial charge in [0.05, 0.1) is 18.6 Å². The van der Waals surface area contributed by atoms with Crippen LogP contribution in [0.1, 0.15) is 63.0 Å². The molecule has 236 valence electrons. The first-order valence-corrected chi connectivity index (χ1v) is 17.5. The lowest BCUT2D eigenvalue weighted by atomic mass is 9.94. The molecule has 0 bridgehead atoms. The summed E-state index contributed by atoms with van der Waals surface area (Å²) in [6, 6.07) is 25.8. The monoisotopic (exact) mass is 619 g/mol. The summed E-state index contributed by atoms with van der Waals surface area (Å²) >= 11 is 0. The van der Waals surface area contributed by atoms with Crippen molar-refractivity contribution in [3.63, 3.8) is 0 Å². The largest absolute Gasteiger partial charge is 0.494 e. The van der Waals surface area contributed by atoms with E-state index in [0.29, 0.717) is 30.9 Å². The number of hydrogen-bond donors (Lipinski definition) is 1. The van der Waals surface area contributed by atoms with E-state index in [2.05, 4.69) is 5.32 Å². The number of hydrogen-bond acceptors (Lipinski definition) is 5. The van der Waals surface area contributed by atoms with Gasteiger partial charge < -0.3 is 15.0 Å². The molecule has 44 heavy (non-hydrogen) atoms. The predicted molar refractivity (Wildman–Crippen MR) is 175 cm³/mol. The summed E-state index contributed by atoms with van der Waals surface area (Å²) in [5.41, 5.74) is 2.41. The summed E-state index contributed by atoms with van der Waals surface area (Å²) in [6.45, 7) is 2.82. The molecule has 1 unspecified atom stereocenters. The van der Waals surface area contributed by atoms with Gasteiger partial charge in [-0.2, -0.15) is 0 Å². The second-order valence-corrected chi connectivity index (χ2v) is 13.3. The number of anilines is 1. The van der Waals surface area contributed by atoms with Gasteiger partial charge in [0.25, 0.3) is 0 Å². The molecular formula is C35H45N3O5S. The van der Waals surface area contributed by atoms with Crippen molar-refractivity contribution < 1.29 is 22.7 Å². The lowest BCUT2D eigenvalue weighted by molar-refractivity contribution is -0.141. The van der Waals surface area contributed by atoms with Crippen molar-refractivity contribution in [1.82, 2.24) is 10.2 Å². The smallest absolute Gasteiger partial charge is 0.243 e. The highest BCUT2D eigenvalue weighted by Gasteiger charge is 2.32. The van der Waals surface area contributed by atoms with Crippen LogP contribution in [0.15, 0.2) is 84.9 Å². The second-order valence-electron chi connectivity index (χ2n) is 11.4. The van der Waals surface area contributed by atoms with E-state index >= 15 is 0 Å². The molecule has 0 saturated heterocycles. The predicted octanol–water partition coefficient (Wildman–Crippen LogP) is 5.72. The first-order valence-electron chi connectivity index (χ1n) is 15.6. The van der Waals surface area contributed by atoms with Crippen molar-refractivity contribution in [2.24, 2.45) is 0 Å². The quantitative estimate of drug-likeness (QED) is 0.235. The zero-order valence-electron chi connectivity index (χ0n) is 25.9. The SMILES string of the molecule is CCOc1ccc(N(CCCC(=O)N(Cc2ccccc2)C(Cc2ccccc2)C(=O)NC2CCCCC2)S(C)(=O)=O)cc1.